The summed E-state index contributed by atoms with van der Waals surface area (Å²) in [6.07, 6.45) is 0. The van der Waals surface area contributed by atoms with Gasteiger partial charge >= 0.3 is 0 Å². The standard InChI is InChI=1S/C8H7N5OS/c9-7-4(8(10)14)3-6-5(1-2-15-6)13(7)12-11/h1-3,9,11H,(H2,10,14). The van der Waals surface area contributed by atoms with Crippen LogP contribution in [0.15, 0.2) is 22.7 Å². The van der Waals surface area contributed by atoms with E-state index in [1.54, 1.807) is 17.5 Å². The molecule has 2 heterocycles. The number of primary amides is 1. The zero-order chi connectivity index (χ0) is 11.0. The van der Waals surface area contributed by atoms with Gasteiger partial charge in [-0.15, -0.1) is 11.3 Å². The van der Waals surface area contributed by atoms with Gasteiger partial charge in [0.2, 0.25) is 0 Å². The summed E-state index contributed by atoms with van der Waals surface area (Å²) in [6, 6.07) is 3.28. The molecule has 4 N–H and O–H groups in total. The van der Waals surface area contributed by atoms with Crippen LogP contribution in [0.1, 0.15) is 10.4 Å². The lowest BCUT2D eigenvalue weighted by atomic mass is 10.2. The molecule has 15 heavy (non-hydrogen) atoms. The van der Waals surface area contributed by atoms with Crippen molar-refractivity contribution < 1.29 is 4.79 Å². The number of nitrogens with one attached hydrogen (secondary N) is 2. The van der Waals surface area contributed by atoms with E-state index in [4.69, 9.17) is 16.7 Å². The molecule has 6 nitrogen and oxygen atoms in total. The Hall–Kier alpha value is -2.02. The van der Waals surface area contributed by atoms with Gasteiger partial charge in [-0.25, -0.2) is 0 Å². The molecular weight excluding hydrogens is 214 g/mol. The van der Waals surface area contributed by atoms with E-state index in [1.807, 2.05) is 0 Å². The number of amides is 1. The number of carbonyl (C=O) groups excluding carboxylic acids is 1. The lowest BCUT2D eigenvalue weighted by molar-refractivity contribution is 0.0998. The number of pyridine rings is 1. The topological polar surface area (TPSA) is 108 Å². The molecule has 0 spiro atoms. The lowest BCUT2D eigenvalue weighted by Gasteiger charge is -2.02. The predicted molar refractivity (Wildman–Crippen MR) is 54.7 cm³/mol. The summed E-state index contributed by atoms with van der Waals surface area (Å²) in [6.45, 7) is 0. The van der Waals surface area contributed by atoms with Crippen LogP contribution in [-0.4, -0.2) is 10.6 Å². The van der Waals surface area contributed by atoms with Crippen molar-refractivity contribution in [2.24, 2.45) is 11.0 Å². The molecule has 7 heteroatoms. The Morgan fingerprint density at radius 2 is 2.33 bits per heavy atom. The van der Waals surface area contributed by atoms with E-state index < -0.39 is 5.91 Å². The lowest BCUT2D eigenvalue weighted by Crippen LogP contribution is -2.27. The van der Waals surface area contributed by atoms with Crippen LogP contribution in [0.3, 0.4) is 0 Å². The summed E-state index contributed by atoms with van der Waals surface area (Å²) in [4.78, 5) is 11.0. The molecule has 2 rings (SSSR count). The first-order valence-electron chi connectivity index (χ1n) is 4.00. The van der Waals surface area contributed by atoms with Crippen LogP contribution in [0.5, 0.6) is 0 Å². The van der Waals surface area contributed by atoms with Gasteiger partial charge in [0, 0.05) is 0 Å². The van der Waals surface area contributed by atoms with Crippen LogP contribution in [-0.2, 0) is 0 Å². The zero-order valence-electron chi connectivity index (χ0n) is 7.52. The first-order chi connectivity index (χ1) is 7.15. The number of hydrogen-bond acceptors (Lipinski definition) is 5. The van der Waals surface area contributed by atoms with E-state index in [2.05, 4.69) is 5.22 Å². The maximum Gasteiger partial charge on any atom is 0.252 e. The molecule has 0 aliphatic carbocycles. The number of aromatic nitrogens is 1. The first-order valence-corrected chi connectivity index (χ1v) is 4.88. The molecule has 0 bridgehead atoms. The normalized spacial score (nSPS) is 10.4. The van der Waals surface area contributed by atoms with Crippen molar-refractivity contribution in [1.29, 1.82) is 10.9 Å². The highest BCUT2D eigenvalue weighted by atomic mass is 32.1. The fraction of sp³-hybridized carbons (Fsp3) is 0. The summed E-state index contributed by atoms with van der Waals surface area (Å²) >= 11 is 1.40. The predicted octanol–water partition coefficient (Wildman–Crippen LogP) is 1.08. The van der Waals surface area contributed by atoms with Crippen molar-refractivity contribution in [2.45, 2.75) is 0 Å². The molecule has 0 aliphatic rings. The third kappa shape index (κ3) is 1.33. The molecule has 2 aromatic rings. The van der Waals surface area contributed by atoms with Crippen molar-refractivity contribution in [2.75, 3.05) is 0 Å². The Labute approximate surface area is 87.9 Å². The van der Waals surface area contributed by atoms with Gasteiger partial charge in [0.25, 0.3) is 5.91 Å². The smallest absolute Gasteiger partial charge is 0.252 e. The van der Waals surface area contributed by atoms with E-state index in [0.29, 0.717) is 5.52 Å². The van der Waals surface area contributed by atoms with Gasteiger partial charge in [0.15, 0.2) is 5.49 Å². The number of hydrogen-bond donors (Lipinski definition) is 3. The van der Waals surface area contributed by atoms with Gasteiger partial charge in [0.1, 0.15) is 0 Å². The van der Waals surface area contributed by atoms with Crippen LogP contribution >= 0.6 is 11.3 Å². The van der Waals surface area contributed by atoms with Crippen LogP contribution in [0, 0.1) is 10.9 Å². The Kier molecular flexibility index (Phi) is 2.09. The highest BCUT2D eigenvalue weighted by Gasteiger charge is 2.10. The van der Waals surface area contributed by atoms with Crippen LogP contribution in [0.2, 0.25) is 0 Å². The Balaban J connectivity index is 2.97. The molecule has 0 saturated heterocycles. The molecule has 0 aliphatic heterocycles. The van der Waals surface area contributed by atoms with Gasteiger partial charge in [-0.3, -0.25) is 10.2 Å². The van der Waals surface area contributed by atoms with E-state index in [-0.39, 0.29) is 11.1 Å². The molecule has 0 radical (unpaired) electrons. The molecular formula is C8H7N5OS. The Morgan fingerprint density at radius 1 is 1.60 bits per heavy atom. The van der Waals surface area contributed by atoms with E-state index in [9.17, 15) is 4.79 Å². The average Bonchev–Trinajstić information content (AvgIpc) is 2.64. The highest BCUT2D eigenvalue weighted by molar-refractivity contribution is 7.17. The van der Waals surface area contributed by atoms with Gasteiger partial charge in [-0.2, -0.15) is 10.2 Å². The van der Waals surface area contributed by atoms with E-state index in [1.165, 1.54) is 11.3 Å². The Morgan fingerprint density at radius 3 is 2.93 bits per heavy atom. The summed E-state index contributed by atoms with van der Waals surface area (Å²) in [5.74, 6) is -0.687. The Bertz CT molecular complexity index is 611. The second-order valence-corrected chi connectivity index (χ2v) is 3.80. The average molecular weight is 221 g/mol. The summed E-state index contributed by atoms with van der Waals surface area (Å²) in [5.41, 5.74) is 12.6. The number of nitrogens with zero attached hydrogens (tertiary/aromatic N) is 2. The van der Waals surface area contributed by atoms with Gasteiger partial charge in [-0.1, -0.05) is 5.22 Å². The first kappa shape index (κ1) is 9.53. The number of rotatable bonds is 2. The fourth-order valence-electron chi connectivity index (χ4n) is 1.32. The number of carbonyl (C=O) groups is 1. The number of nitrogens with two attached hydrogens (primary N) is 1. The molecule has 0 fully saturated rings. The van der Waals surface area contributed by atoms with E-state index >= 15 is 0 Å². The van der Waals surface area contributed by atoms with Gasteiger partial charge in [-0.05, 0) is 17.5 Å². The molecule has 0 atom stereocenters. The summed E-state index contributed by atoms with van der Waals surface area (Å²) in [5, 5.41) is 12.6. The van der Waals surface area contributed by atoms with Crippen LogP contribution in [0.25, 0.3) is 10.2 Å². The highest BCUT2D eigenvalue weighted by Crippen LogP contribution is 2.19. The number of fused-ring (bicyclic) bond motifs is 1. The number of thiophene rings is 1. The third-order valence-corrected chi connectivity index (χ3v) is 2.86. The largest absolute Gasteiger partial charge is 0.365 e. The maximum absolute atomic E-state index is 11.0. The monoisotopic (exact) mass is 221 g/mol. The molecule has 2 aromatic heterocycles. The second kappa shape index (κ2) is 3.28. The maximum atomic E-state index is 11.0. The molecule has 76 valence electrons. The van der Waals surface area contributed by atoms with Gasteiger partial charge < -0.3 is 5.73 Å². The molecule has 0 saturated carbocycles. The van der Waals surface area contributed by atoms with Crippen molar-refractivity contribution >= 4 is 27.5 Å². The minimum Gasteiger partial charge on any atom is -0.365 e. The molecule has 1 amide bonds. The minimum absolute atomic E-state index is 0.0703. The third-order valence-electron chi connectivity index (χ3n) is 2.01. The quantitative estimate of drug-likeness (QED) is 0.648. The van der Waals surface area contributed by atoms with Crippen molar-refractivity contribution in [3.8, 4) is 0 Å². The summed E-state index contributed by atoms with van der Waals surface area (Å²) < 4.78 is 1.85. The van der Waals surface area contributed by atoms with Crippen LogP contribution < -0.4 is 11.2 Å². The SMILES string of the molecule is N=Nn1c(=N)c(C(N)=O)cc2sccc21. The minimum atomic E-state index is -0.687. The summed E-state index contributed by atoms with van der Waals surface area (Å²) in [7, 11) is 0. The second-order valence-electron chi connectivity index (χ2n) is 2.85. The zero-order valence-corrected chi connectivity index (χ0v) is 8.34. The molecule has 0 unspecified atom stereocenters. The van der Waals surface area contributed by atoms with Crippen molar-refractivity contribution in [3.05, 3.63) is 28.6 Å². The van der Waals surface area contributed by atoms with Crippen LogP contribution in [0.4, 0.5) is 0 Å². The molecule has 0 aromatic carbocycles. The fourth-order valence-corrected chi connectivity index (χ4v) is 2.13. The van der Waals surface area contributed by atoms with Crippen molar-refractivity contribution in [3.63, 3.8) is 0 Å². The van der Waals surface area contributed by atoms with Gasteiger partial charge in [0.05, 0.1) is 15.8 Å². The van der Waals surface area contributed by atoms with E-state index in [0.717, 1.165) is 9.38 Å². The van der Waals surface area contributed by atoms with Crippen molar-refractivity contribution in [1.82, 2.24) is 4.68 Å².